The Hall–Kier alpha value is -2.61. The highest BCUT2D eigenvalue weighted by Gasteiger charge is 2.18. The number of H-pyrrole nitrogens is 1. The molecule has 0 radical (unpaired) electrons. The van der Waals surface area contributed by atoms with Crippen molar-refractivity contribution in [3.63, 3.8) is 0 Å². The monoisotopic (exact) mass is 227 g/mol. The van der Waals surface area contributed by atoms with Gasteiger partial charge in [0, 0.05) is 0 Å². The molecule has 5 nitrogen and oxygen atoms in total. The first kappa shape index (κ1) is 10.9. The number of aromatic amines is 1. The second kappa shape index (κ2) is 4.10. The molecule has 1 aromatic carbocycles. The lowest BCUT2D eigenvalue weighted by molar-refractivity contribution is 0.101. The molecule has 1 N–H and O–H groups in total. The lowest BCUT2D eigenvalue weighted by Crippen LogP contribution is -2.19. The molecule has 0 bridgehead atoms. The van der Waals surface area contributed by atoms with Crippen molar-refractivity contribution in [2.24, 2.45) is 0 Å². The fourth-order valence-electron chi connectivity index (χ4n) is 1.60. The molecule has 5 heteroatoms. The Morgan fingerprint density at radius 2 is 2.00 bits per heavy atom. The van der Waals surface area contributed by atoms with E-state index in [9.17, 15) is 9.59 Å². The molecule has 84 valence electrons. The third-order valence-corrected chi connectivity index (χ3v) is 2.37. The van der Waals surface area contributed by atoms with Crippen LogP contribution in [0.2, 0.25) is 0 Å². The summed E-state index contributed by atoms with van der Waals surface area (Å²) in [7, 11) is 0. The van der Waals surface area contributed by atoms with Crippen LogP contribution in [0, 0.1) is 11.3 Å². The molecule has 2 aromatic rings. The second-order valence-corrected chi connectivity index (χ2v) is 3.51. The zero-order chi connectivity index (χ0) is 12.4. The molecule has 0 aliphatic carbocycles. The number of hydrogen-bond acceptors (Lipinski definition) is 3. The Bertz CT molecular complexity index is 659. The minimum atomic E-state index is -0.500. The SMILES string of the molecule is CC(=O)c1c(C#N)[nH]n(-c2ccccc2)c1=O. The summed E-state index contributed by atoms with van der Waals surface area (Å²) in [5.74, 6) is -0.419. The van der Waals surface area contributed by atoms with E-state index in [2.05, 4.69) is 5.10 Å². The molecule has 0 saturated heterocycles. The van der Waals surface area contributed by atoms with Gasteiger partial charge in [-0.2, -0.15) is 5.26 Å². The topological polar surface area (TPSA) is 78.7 Å². The van der Waals surface area contributed by atoms with Gasteiger partial charge in [-0.15, -0.1) is 0 Å². The van der Waals surface area contributed by atoms with Crippen molar-refractivity contribution >= 4 is 5.78 Å². The van der Waals surface area contributed by atoms with Crippen LogP contribution in [0.3, 0.4) is 0 Å². The van der Waals surface area contributed by atoms with Gasteiger partial charge in [0.05, 0.1) is 5.69 Å². The molecule has 0 saturated carbocycles. The highest BCUT2D eigenvalue weighted by atomic mass is 16.2. The molecular weight excluding hydrogens is 218 g/mol. The molecule has 0 aliphatic heterocycles. The number of carbonyl (C=O) groups excluding carboxylic acids is 1. The van der Waals surface area contributed by atoms with Gasteiger partial charge < -0.3 is 0 Å². The zero-order valence-corrected chi connectivity index (χ0v) is 9.10. The van der Waals surface area contributed by atoms with Crippen molar-refractivity contribution < 1.29 is 4.79 Å². The summed E-state index contributed by atoms with van der Waals surface area (Å²) in [6, 6.07) is 10.6. The van der Waals surface area contributed by atoms with Gasteiger partial charge >= 0.3 is 0 Å². The fourth-order valence-corrected chi connectivity index (χ4v) is 1.60. The lowest BCUT2D eigenvalue weighted by atomic mass is 10.2. The van der Waals surface area contributed by atoms with Crippen LogP contribution in [0.5, 0.6) is 0 Å². The van der Waals surface area contributed by atoms with E-state index in [0.717, 1.165) is 0 Å². The molecule has 1 aromatic heterocycles. The minimum absolute atomic E-state index is 0.00801. The molecule has 0 aliphatic rings. The van der Waals surface area contributed by atoms with Crippen LogP contribution in [0.1, 0.15) is 23.0 Å². The van der Waals surface area contributed by atoms with E-state index >= 15 is 0 Å². The van der Waals surface area contributed by atoms with E-state index in [4.69, 9.17) is 5.26 Å². The van der Waals surface area contributed by atoms with Crippen LogP contribution in [-0.2, 0) is 0 Å². The zero-order valence-electron chi connectivity index (χ0n) is 9.10. The molecule has 17 heavy (non-hydrogen) atoms. The molecule has 0 amide bonds. The lowest BCUT2D eigenvalue weighted by Gasteiger charge is -1.99. The Morgan fingerprint density at radius 3 is 2.47 bits per heavy atom. The van der Waals surface area contributed by atoms with Crippen LogP contribution in [0.15, 0.2) is 35.1 Å². The number of para-hydroxylation sites is 1. The van der Waals surface area contributed by atoms with Gasteiger partial charge in [-0.25, -0.2) is 4.68 Å². The number of nitrogens with zero attached hydrogens (tertiary/aromatic N) is 2. The number of carbonyl (C=O) groups is 1. The summed E-state index contributed by atoms with van der Waals surface area (Å²) in [6.07, 6.45) is 0. The van der Waals surface area contributed by atoms with Crippen molar-refractivity contribution in [2.45, 2.75) is 6.92 Å². The first-order valence-corrected chi connectivity index (χ1v) is 4.96. The van der Waals surface area contributed by atoms with E-state index in [1.807, 2.05) is 12.1 Å². The van der Waals surface area contributed by atoms with Gasteiger partial charge in [0.25, 0.3) is 5.56 Å². The van der Waals surface area contributed by atoms with Crippen LogP contribution < -0.4 is 5.56 Å². The molecule has 0 atom stereocenters. The van der Waals surface area contributed by atoms with Gasteiger partial charge in [-0.3, -0.25) is 14.7 Å². The Labute approximate surface area is 96.9 Å². The molecule has 0 fully saturated rings. The number of rotatable bonds is 2. The van der Waals surface area contributed by atoms with Crippen LogP contribution in [0.4, 0.5) is 0 Å². The molecule has 1 heterocycles. The minimum Gasteiger partial charge on any atom is -0.294 e. The molecule has 0 unspecified atom stereocenters. The van der Waals surface area contributed by atoms with E-state index in [-0.39, 0.29) is 11.3 Å². The maximum Gasteiger partial charge on any atom is 0.283 e. The smallest absolute Gasteiger partial charge is 0.283 e. The van der Waals surface area contributed by atoms with Gasteiger partial charge in [-0.1, -0.05) is 18.2 Å². The Morgan fingerprint density at radius 1 is 1.35 bits per heavy atom. The maximum absolute atomic E-state index is 12.0. The Balaban J connectivity index is 2.72. The number of aromatic nitrogens is 2. The van der Waals surface area contributed by atoms with Gasteiger partial charge in [0.1, 0.15) is 17.3 Å². The largest absolute Gasteiger partial charge is 0.294 e. The van der Waals surface area contributed by atoms with Crippen molar-refractivity contribution in [3.05, 3.63) is 51.9 Å². The van der Waals surface area contributed by atoms with Crippen LogP contribution in [-0.4, -0.2) is 15.6 Å². The third-order valence-electron chi connectivity index (χ3n) is 2.37. The second-order valence-electron chi connectivity index (χ2n) is 3.51. The van der Waals surface area contributed by atoms with Crippen molar-refractivity contribution in [2.75, 3.05) is 0 Å². The fraction of sp³-hybridized carbons (Fsp3) is 0.0833. The van der Waals surface area contributed by atoms with Gasteiger partial charge in [-0.05, 0) is 19.1 Å². The number of nitrogens with one attached hydrogen (secondary N) is 1. The predicted molar refractivity (Wildman–Crippen MR) is 61.1 cm³/mol. The highest BCUT2D eigenvalue weighted by molar-refractivity contribution is 5.95. The maximum atomic E-state index is 12.0. The molecule has 2 rings (SSSR count). The third kappa shape index (κ3) is 1.76. The summed E-state index contributed by atoms with van der Waals surface area (Å²) in [6.45, 7) is 1.26. The average Bonchev–Trinajstić information content (AvgIpc) is 2.67. The summed E-state index contributed by atoms with van der Waals surface area (Å²) >= 11 is 0. The van der Waals surface area contributed by atoms with E-state index in [1.54, 1.807) is 24.3 Å². The Kier molecular flexibility index (Phi) is 2.63. The van der Waals surface area contributed by atoms with E-state index < -0.39 is 11.3 Å². The predicted octanol–water partition coefficient (Wildman–Crippen LogP) is 1.24. The number of Topliss-reactive ketones (excluding diaryl/α,β-unsaturated/α-hetero) is 1. The normalized spacial score (nSPS) is 9.88. The van der Waals surface area contributed by atoms with Crippen molar-refractivity contribution in [3.8, 4) is 11.8 Å². The first-order valence-electron chi connectivity index (χ1n) is 4.96. The number of ketones is 1. The van der Waals surface area contributed by atoms with Crippen molar-refractivity contribution in [1.82, 2.24) is 9.78 Å². The molecular formula is C12H9N3O2. The summed E-state index contributed by atoms with van der Waals surface area (Å²) < 4.78 is 1.19. The summed E-state index contributed by atoms with van der Waals surface area (Å²) in [4.78, 5) is 23.3. The van der Waals surface area contributed by atoms with Crippen molar-refractivity contribution in [1.29, 1.82) is 5.26 Å². The van der Waals surface area contributed by atoms with Crippen LogP contribution >= 0.6 is 0 Å². The van der Waals surface area contributed by atoms with Gasteiger partial charge in [0.2, 0.25) is 0 Å². The number of hydrogen-bond donors (Lipinski definition) is 1. The average molecular weight is 227 g/mol. The number of nitriles is 1. The van der Waals surface area contributed by atoms with Crippen LogP contribution in [0.25, 0.3) is 5.69 Å². The summed E-state index contributed by atoms with van der Waals surface area (Å²) in [5.41, 5.74) is -0.0237. The molecule has 0 spiro atoms. The van der Waals surface area contributed by atoms with E-state index in [1.165, 1.54) is 11.6 Å². The first-order chi connectivity index (χ1) is 8.15. The van der Waals surface area contributed by atoms with Gasteiger partial charge in [0.15, 0.2) is 5.78 Å². The number of benzene rings is 1. The standard InChI is InChI=1S/C12H9N3O2/c1-8(16)11-10(7-13)14-15(12(11)17)9-5-3-2-4-6-9/h2-6,14H,1H3. The quantitative estimate of drug-likeness (QED) is 0.784. The van der Waals surface area contributed by atoms with E-state index in [0.29, 0.717) is 5.69 Å². The summed E-state index contributed by atoms with van der Waals surface area (Å²) in [5, 5.41) is 11.5. The highest BCUT2D eigenvalue weighted by Crippen LogP contribution is 2.07.